The van der Waals surface area contributed by atoms with Gasteiger partial charge < -0.3 is 14.7 Å². The number of aryl methyl sites for hydroxylation is 1. The van der Waals surface area contributed by atoms with E-state index in [1.807, 2.05) is 17.0 Å². The molecule has 1 N–H and O–H groups in total. The first-order valence-corrected chi connectivity index (χ1v) is 12.0. The van der Waals surface area contributed by atoms with E-state index < -0.39 is 0 Å². The van der Waals surface area contributed by atoms with Crippen LogP contribution in [0.15, 0.2) is 30.1 Å². The fourth-order valence-corrected chi connectivity index (χ4v) is 7.09. The molecule has 31 heavy (non-hydrogen) atoms. The van der Waals surface area contributed by atoms with E-state index in [-0.39, 0.29) is 23.1 Å². The molecule has 168 valence electrons. The van der Waals surface area contributed by atoms with Crippen LogP contribution in [0.4, 0.5) is 4.39 Å². The summed E-state index contributed by atoms with van der Waals surface area (Å²) in [6.07, 6.45) is 8.06. The molecule has 0 radical (unpaired) electrons. The van der Waals surface area contributed by atoms with Crippen LogP contribution in [-0.4, -0.2) is 42.2 Å². The van der Waals surface area contributed by atoms with E-state index in [2.05, 4.69) is 13.0 Å². The van der Waals surface area contributed by atoms with Crippen molar-refractivity contribution in [1.82, 2.24) is 4.90 Å². The summed E-state index contributed by atoms with van der Waals surface area (Å²) in [5, 5.41) is 9.89. The number of benzene rings is 1. The van der Waals surface area contributed by atoms with Crippen LogP contribution in [0.1, 0.15) is 62.5 Å². The lowest BCUT2D eigenvalue weighted by molar-refractivity contribution is -0.135. The number of halogens is 1. The predicted molar refractivity (Wildman–Crippen MR) is 117 cm³/mol. The zero-order valence-electron chi connectivity index (χ0n) is 18.5. The highest BCUT2D eigenvalue weighted by Crippen LogP contribution is 2.63. The summed E-state index contributed by atoms with van der Waals surface area (Å²) >= 11 is 0. The minimum absolute atomic E-state index is 0.0805. The molecule has 1 heterocycles. The first-order chi connectivity index (χ1) is 15.0. The Kier molecular flexibility index (Phi) is 5.58. The number of amides is 1. The average Bonchev–Trinajstić information content (AvgIpc) is 3.04. The number of hydrogen-bond donors (Lipinski definition) is 1. The van der Waals surface area contributed by atoms with Crippen LogP contribution in [0, 0.1) is 23.2 Å². The normalized spacial score (nSPS) is 34.5. The number of aromatic hydroxyl groups is 1. The SMILES string of the molecule is C[C@]12CCC3c4ccc(O)cc4CCC3C1[C@H](CCCC(=O)N1CCOCC1)C=C2F. The standard InChI is InChI=1S/C26H34FNO3/c1-26-10-9-21-20-8-6-19(29)15-17(20)5-7-22(21)25(26)18(16-23(26)27)3-2-4-24(30)28-11-13-31-14-12-28/h6,8,15-16,18,21-22,25,29H,2-5,7,9-14H2,1H3/t18-,21?,22?,25?,26-/m1/s1. The molecule has 2 fully saturated rings. The molecular weight excluding hydrogens is 393 g/mol. The van der Waals surface area contributed by atoms with Gasteiger partial charge in [0.2, 0.25) is 5.91 Å². The molecule has 1 aliphatic heterocycles. The van der Waals surface area contributed by atoms with Crippen LogP contribution >= 0.6 is 0 Å². The number of rotatable bonds is 4. The van der Waals surface area contributed by atoms with Gasteiger partial charge in [-0.05, 0) is 91.5 Å². The van der Waals surface area contributed by atoms with E-state index in [0.29, 0.717) is 56.2 Å². The molecule has 3 unspecified atom stereocenters. The fraction of sp³-hybridized carbons (Fsp3) is 0.654. The monoisotopic (exact) mass is 427 g/mol. The molecule has 5 rings (SSSR count). The Balaban J connectivity index is 1.29. The van der Waals surface area contributed by atoms with Crippen LogP contribution < -0.4 is 0 Å². The molecule has 3 aliphatic carbocycles. The van der Waals surface area contributed by atoms with Crippen LogP contribution in [0.2, 0.25) is 0 Å². The van der Waals surface area contributed by atoms with Gasteiger partial charge in [-0.15, -0.1) is 0 Å². The molecule has 4 nitrogen and oxygen atoms in total. The van der Waals surface area contributed by atoms with Crippen molar-refractivity contribution in [2.45, 2.75) is 57.8 Å². The van der Waals surface area contributed by atoms with Crippen LogP contribution in [-0.2, 0) is 16.0 Å². The topological polar surface area (TPSA) is 49.8 Å². The molecule has 0 bridgehead atoms. The van der Waals surface area contributed by atoms with Crippen molar-refractivity contribution in [2.24, 2.45) is 23.2 Å². The maximum absolute atomic E-state index is 15.2. The van der Waals surface area contributed by atoms with E-state index in [0.717, 1.165) is 38.5 Å². The minimum atomic E-state index is -0.353. The van der Waals surface area contributed by atoms with Crippen molar-refractivity contribution in [3.63, 3.8) is 0 Å². The molecule has 0 spiro atoms. The summed E-state index contributed by atoms with van der Waals surface area (Å²) in [5.74, 6) is 2.09. The molecule has 0 aromatic heterocycles. The van der Waals surface area contributed by atoms with Crippen molar-refractivity contribution in [2.75, 3.05) is 26.3 Å². The lowest BCUT2D eigenvalue weighted by Gasteiger charge is -2.51. The first-order valence-electron chi connectivity index (χ1n) is 12.0. The van der Waals surface area contributed by atoms with Gasteiger partial charge in [0, 0.05) is 24.9 Å². The van der Waals surface area contributed by atoms with Gasteiger partial charge in [-0.3, -0.25) is 4.79 Å². The zero-order valence-corrected chi connectivity index (χ0v) is 18.5. The largest absolute Gasteiger partial charge is 0.508 e. The van der Waals surface area contributed by atoms with Gasteiger partial charge >= 0.3 is 0 Å². The highest BCUT2D eigenvalue weighted by molar-refractivity contribution is 5.76. The second-order valence-corrected chi connectivity index (χ2v) is 10.2. The van der Waals surface area contributed by atoms with E-state index in [1.165, 1.54) is 11.1 Å². The summed E-state index contributed by atoms with van der Waals surface area (Å²) < 4.78 is 20.6. The number of phenolic OH excluding ortho intramolecular Hbond substituents is 1. The molecule has 5 atom stereocenters. The second kappa shape index (κ2) is 8.23. The number of morpholine rings is 1. The molecule has 1 saturated carbocycles. The number of hydrogen-bond acceptors (Lipinski definition) is 3. The molecule has 1 aromatic rings. The lowest BCUT2D eigenvalue weighted by Crippen LogP contribution is -2.43. The van der Waals surface area contributed by atoms with Gasteiger partial charge in [0.15, 0.2) is 0 Å². The minimum Gasteiger partial charge on any atom is -0.508 e. The summed E-state index contributed by atoms with van der Waals surface area (Å²) in [6.45, 7) is 4.77. The summed E-state index contributed by atoms with van der Waals surface area (Å²) in [5.41, 5.74) is 2.28. The first kappa shape index (κ1) is 21.0. The van der Waals surface area contributed by atoms with Gasteiger partial charge in [0.1, 0.15) is 11.6 Å². The lowest BCUT2D eigenvalue weighted by atomic mass is 9.53. The van der Waals surface area contributed by atoms with E-state index in [9.17, 15) is 9.90 Å². The van der Waals surface area contributed by atoms with Gasteiger partial charge in [0.25, 0.3) is 0 Å². The number of fused-ring (bicyclic) bond motifs is 5. The Morgan fingerprint density at radius 1 is 1.29 bits per heavy atom. The highest BCUT2D eigenvalue weighted by atomic mass is 19.1. The molecule has 1 amide bonds. The van der Waals surface area contributed by atoms with Gasteiger partial charge in [-0.2, -0.15) is 0 Å². The number of ether oxygens (including phenoxy) is 1. The molecule has 1 aromatic carbocycles. The van der Waals surface area contributed by atoms with Crippen molar-refractivity contribution < 1.29 is 19.0 Å². The third-order valence-electron chi connectivity index (χ3n) is 8.62. The molecule has 4 aliphatic rings. The summed E-state index contributed by atoms with van der Waals surface area (Å²) in [6, 6.07) is 5.82. The van der Waals surface area contributed by atoms with Crippen molar-refractivity contribution in [3.05, 3.63) is 41.2 Å². The van der Waals surface area contributed by atoms with Gasteiger partial charge in [-0.1, -0.05) is 13.0 Å². The van der Waals surface area contributed by atoms with E-state index >= 15 is 4.39 Å². The third kappa shape index (κ3) is 3.69. The average molecular weight is 428 g/mol. The fourth-order valence-electron chi connectivity index (χ4n) is 7.09. The predicted octanol–water partition coefficient (Wildman–Crippen LogP) is 4.97. The van der Waals surface area contributed by atoms with Crippen molar-refractivity contribution >= 4 is 5.91 Å². The maximum atomic E-state index is 15.2. The van der Waals surface area contributed by atoms with Gasteiger partial charge in [-0.25, -0.2) is 4.39 Å². The highest BCUT2D eigenvalue weighted by Gasteiger charge is 2.55. The smallest absolute Gasteiger partial charge is 0.222 e. The van der Waals surface area contributed by atoms with Crippen LogP contribution in [0.25, 0.3) is 0 Å². The zero-order chi connectivity index (χ0) is 21.6. The second-order valence-electron chi connectivity index (χ2n) is 10.2. The van der Waals surface area contributed by atoms with Crippen LogP contribution in [0.5, 0.6) is 5.75 Å². The Morgan fingerprint density at radius 3 is 2.90 bits per heavy atom. The van der Waals surface area contributed by atoms with Crippen molar-refractivity contribution in [3.8, 4) is 5.75 Å². The van der Waals surface area contributed by atoms with E-state index in [4.69, 9.17) is 4.74 Å². The van der Waals surface area contributed by atoms with Crippen molar-refractivity contribution in [1.29, 1.82) is 0 Å². The number of carbonyl (C=O) groups is 1. The third-order valence-corrected chi connectivity index (χ3v) is 8.62. The number of nitrogens with zero attached hydrogens (tertiary/aromatic N) is 1. The quantitative estimate of drug-likeness (QED) is 0.738. The summed E-state index contributed by atoms with van der Waals surface area (Å²) in [4.78, 5) is 14.4. The maximum Gasteiger partial charge on any atom is 0.222 e. The van der Waals surface area contributed by atoms with Crippen LogP contribution in [0.3, 0.4) is 0 Å². The van der Waals surface area contributed by atoms with E-state index in [1.54, 1.807) is 6.07 Å². The molecule has 1 saturated heterocycles. The molecular formula is C26H34FNO3. The number of phenols is 1. The Bertz CT molecular complexity index is 877. The Hall–Kier alpha value is -1.88. The Labute approximate surface area is 184 Å². The van der Waals surface area contributed by atoms with Gasteiger partial charge in [0.05, 0.1) is 13.2 Å². The Morgan fingerprint density at radius 2 is 2.10 bits per heavy atom. The summed E-state index contributed by atoms with van der Waals surface area (Å²) in [7, 11) is 0. The number of allylic oxidation sites excluding steroid dienone is 2. The molecule has 5 heteroatoms. The number of carbonyl (C=O) groups excluding carboxylic acids is 1.